The lowest BCUT2D eigenvalue weighted by atomic mass is 10.0. The number of piperidine rings is 1. The molecule has 172 valence electrons. The lowest BCUT2D eigenvalue weighted by molar-refractivity contribution is -0.137. The molecule has 6 nitrogen and oxygen atoms in total. The standard InChI is InChI=1S/C24H24F3N5O/c1-16-15-31(19-8-6-18(7-9-19)24(25,26)27)23(33)22-20(14-29-32(16)22)17-5-10-21(28-13-17)30-11-3-2-4-12-30/h5-10,13-14,16H,2-4,11-12,15H2,1H3/t16-/m0/s1. The zero-order valence-electron chi connectivity index (χ0n) is 18.2. The summed E-state index contributed by atoms with van der Waals surface area (Å²) in [4.78, 5) is 21.8. The van der Waals surface area contributed by atoms with E-state index in [0.29, 0.717) is 23.5 Å². The van der Waals surface area contributed by atoms with Crippen molar-refractivity contribution in [3.8, 4) is 11.1 Å². The second-order valence-corrected chi connectivity index (χ2v) is 8.61. The molecule has 0 bridgehead atoms. The molecule has 1 fully saturated rings. The van der Waals surface area contributed by atoms with Crippen molar-refractivity contribution in [3.05, 3.63) is 60.0 Å². The molecule has 2 aromatic heterocycles. The molecule has 0 aliphatic carbocycles. The van der Waals surface area contributed by atoms with E-state index in [2.05, 4.69) is 15.0 Å². The molecule has 0 N–H and O–H groups in total. The number of carbonyl (C=O) groups is 1. The van der Waals surface area contributed by atoms with Crippen LogP contribution in [0.4, 0.5) is 24.7 Å². The predicted molar refractivity (Wildman–Crippen MR) is 119 cm³/mol. The molecule has 2 aliphatic rings. The molecule has 5 rings (SSSR count). The van der Waals surface area contributed by atoms with Crippen molar-refractivity contribution in [1.82, 2.24) is 14.8 Å². The van der Waals surface area contributed by atoms with Crippen LogP contribution >= 0.6 is 0 Å². The van der Waals surface area contributed by atoms with Crippen molar-refractivity contribution in [2.75, 3.05) is 29.4 Å². The van der Waals surface area contributed by atoms with E-state index in [-0.39, 0.29) is 11.9 Å². The lowest BCUT2D eigenvalue weighted by Gasteiger charge is -2.32. The van der Waals surface area contributed by atoms with Gasteiger partial charge in [0.05, 0.1) is 17.8 Å². The van der Waals surface area contributed by atoms with E-state index in [9.17, 15) is 18.0 Å². The number of rotatable bonds is 3. The summed E-state index contributed by atoms with van der Waals surface area (Å²) in [6.45, 7) is 4.24. The molecular formula is C24H24F3N5O. The van der Waals surface area contributed by atoms with Crippen LogP contribution in [0.15, 0.2) is 48.8 Å². The Morgan fingerprint density at radius 2 is 1.70 bits per heavy atom. The number of benzene rings is 1. The molecular weight excluding hydrogens is 431 g/mol. The monoisotopic (exact) mass is 455 g/mol. The fourth-order valence-electron chi connectivity index (χ4n) is 4.58. The maximum absolute atomic E-state index is 13.4. The van der Waals surface area contributed by atoms with Gasteiger partial charge in [0.2, 0.25) is 0 Å². The summed E-state index contributed by atoms with van der Waals surface area (Å²) in [5.74, 6) is 0.631. The van der Waals surface area contributed by atoms with E-state index < -0.39 is 11.7 Å². The molecule has 1 amide bonds. The van der Waals surface area contributed by atoms with Crippen LogP contribution in [0, 0.1) is 0 Å². The molecule has 0 unspecified atom stereocenters. The van der Waals surface area contributed by atoms with E-state index >= 15 is 0 Å². The van der Waals surface area contributed by atoms with Crippen LogP contribution in [0.5, 0.6) is 0 Å². The van der Waals surface area contributed by atoms with Gasteiger partial charge in [0.15, 0.2) is 0 Å². The smallest absolute Gasteiger partial charge is 0.357 e. The lowest BCUT2D eigenvalue weighted by Crippen LogP contribution is -2.42. The first-order valence-electron chi connectivity index (χ1n) is 11.1. The second kappa shape index (κ2) is 8.20. The number of alkyl halides is 3. The van der Waals surface area contributed by atoms with Crippen molar-refractivity contribution >= 4 is 17.4 Å². The summed E-state index contributed by atoms with van der Waals surface area (Å²) in [6, 6.07) is 8.47. The maximum Gasteiger partial charge on any atom is 0.416 e. The Hall–Kier alpha value is -3.36. The van der Waals surface area contributed by atoms with E-state index in [1.54, 1.807) is 17.1 Å². The minimum atomic E-state index is -4.42. The number of pyridine rings is 1. The number of halogens is 3. The summed E-state index contributed by atoms with van der Waals surface area (Å²) in [7, 11) is 0. The molecule has 33 heavy (non-hydrogen) atoms. The van der Waals surface area contributed by atoms with Gasteiger partial charge in [-0.15, -0.1) is 0 Å². The van der Waals surface area contributed by atoms with Crippen LogP contribution < -0.4 is 9.80 Å². The number of hydrogen-bond acceptors (Lipinski definition) is 4. The van der Waals surface area contributed by atoms with Crippen molar-refractivity contribution in [2.24, 2.45) is 0 Å². The minimum Gasteiger partial charge on any atom is -0.357 e. The molecule has 0 spiro atoms. The van der Waals surface area contributed by atoms with E-state index in [0.717, 1.165) is 49.4 Å². The third-order valence-electron chi connectivity index (χ3n) is 6.35. The van der Waals surface area contributed by atoms with Gasteiger partial charge in [-0.2, -0.15) is 18.3 Å². The molecule has 1 atom stereocenters. The van der Waals surface area contributed by atoms with Gasteiger partial charge >= 0.3 is 6.18 Å². The van der Waals surface area contributed by atoms with Gasteiger partial charge in [0.25, 0.3) is 5.91 Å². The fourth-order valence-corrected chi connectivity index (χ4v) is 4.58. The van der Waals surface area contributed by atoms with Crippen LogP contribution in [0.1, 0.15) is 48.3 Å². The molecule has 0 radical (unpaired) electrons. The van der Waals surface area contributed by atoms with Crippen molar-refractivity contribution in [1.29, 1.82) is 0 Å². The van der Waals surface area contributed by atoms with Gasteiger partial charge < -0.3 is 9.80 Å². The second-order valence-electron chi connectivity index (χ2n) is 8.61. The Morgan fingerprint density at radius 3 is 2.33 bits per heavy atom. The first-order valence-corrected chi connectivity index (χ1v) is 11.1. The van der Waals surface area contributed by atoms with Gasteiger partial charge in [-0.05, 0) is 62.6 Å². The highest BCUT2D eigenvalue weighted by Gasteiger charge is 2.35. The van der Waals surface area contributed by atoms with Gasteiger partial charge in [0, 0.05) is 42.6 Å². The highest BCUT2D eigenvalue weighted by Crippen LogP contribution is 2.35. The van der Waals surface area contributed by atoms with E-state index in [1.165, 1.54) is 23.5 Å². The molecule has 3 aromatic rings. The Balaban J connectivity index is 1.45. The average Bonchev–Trinajstić information content (AvgIpc) is 3.28. The van der Waals surface area contributed by atoms with Gasteiger partial charge in [-0.25, -0.2) is 4.98 Å². The number of nitrogens with zero attached hydrogens (tertiary/aromatic N) is 5. The van der Waals surface area contributed by atoms with Crippen LogP contribution in [-0.2, 0) is 6.18 Å². The first kappa shape index (κ1) is 21.5. The SMILES string of the molecule is C[C@H]1CN(c2ccc(C(F)(F)F)cc2)C(=O)c2c(-c3ccc(N4CCCCC4)nc3)cnn21. The summed E-state index contributed by atoms with van der Waals surface area (Å²) in [5.41, 5.74) is 1.56. The number of hydrogen-bond donors (Lipinski definition) is 0. The van der Waals surface area contributed by atoms with E-state index in [4.69, 9.17) is 0 Å². The van der Waals surface area contributed by atoms with E-state index in [1.807, 2.05) is 19.1 Å². The largest absolute Gasteiger partial charge is 0.416 e. The third-order valence-corrected chi connectivity index (χ3v) is 6.35. The Bertz CT molecular complexity index is 1150. The Labute approximate surface area is 189 Å². The average molecular weight is 455 g/mol. The maximum atomic E-state index is 13.4. The Morgan fingerprint density at radius 1 is 0.970 bits per heavy atom. The molecule has 1 saturated heterocycles. The molecule has 2 aliphatic heterocycles. The summed E-state index contributed by atoms with van der Waals surface area (Å²) in [6.07, 6.45) is 2.57. The number of carbonyl (C=O) groups excluding carboxylic acids is 1. The van der Waals surface area contributed by atoms with Crippen molar-refractivity contribution < 1.29 is 18.0 Å². The fraction of sp³-hybridized carbons (Fsp3) is 0.375. The third kappa shape index (κ3) is 3.96. The molecule has 1 aromatic carbocycles. The highest BCUT2D eigenvalue weighted by molar-refractivity contribution is 6.09. The van der Waals surface area contributed by atoms with Gasteiger partial charge in [-0.1, -0.05) is 0 Å². The summed E-state index contributed by atoms with van der Waals surface area (Å²) in [5, 5.41) is 4.43. The number of anilines is 2. The first-order chi connectivity index (χ1) is 15.8. The highest BCUT2D eigenvalue weighted by atomic mass is 19.4. The topological polar surface area (TPSA) is 54.3 Å². The summed E-state index contributed by atoms with van der Waals surface area (Å²) >= 11 is 0. The van der Waals surface area contributed by atoms with Gasteiger partial charge in [-0.3, -0.25) is 9.48 Å². The molecule has 9 heteroatoms. The zero-order valence-corrected chi connectivity index (χ0v) is 18.2. The van der Waals surface area contributed by atoms with Crippen LogP contribution in [-0.4, -0.2) is 40.3 Å². The predicted octanol–water partition coefficient (Wildman–Crippen LogP) is 5.18. The number of fused-ring (bicyclic) bond motifs is 1. The van der Waals surface area contributed by atoms with Crippen molar-refractivity contribution in [2.45, 2.75) is 38.4 Å². The number of aromatic nitrogens is 3. The Kier molecular flexibility index (Phi) is 5.34. The van der Waals surface area contributed by atoms with Crippen LogP contribution in [0.25, 0.3) is 11.1 Å². The van der Waals surface area contributed by atoms with Crippen molar-refractivity contribution in [3.63, 3.8) is 0 Å². The normalized spacial score (nSPS) is 19.0. The number of amides is 1. The molecule has 4 heterocycles. The summed E-state index contributed by atoms with van der Waals surface area (Å²) < 4.78 is 40.5. The minimum absolute atomic E-state index is 0.130. The van der Waals surface area contributed by atoms with Crippen LogP contribution in [0.3, 0.4) is 0 Å². The molecule has 0 saturated carbocycles. The van der Waals surface area contributed by atoms with Crippen LogP contribution in [0.2, 0.25) is 0 Å². The quantitative estimate of drug-likeness (QED) is 0.547. The zero-order chi connectivity index (χ0) is 23.2. The van der Waals surface area contributed by atoms with Gasteiger partial charge in [0.1, 0.15) is 11.5 Å².